The molecule has 0 fully saturated rings. The smallest absolute Gasteiger partial charge is 0.336 e. The summed E-state index contributed by atoms with van der Waals surface area (Å²) >= 11 is 0. The zero-order valence-corrected chi connectivity index (χ0v) is 10.2. The Morgan fingerprint density at radius 1 is 1.31 bits per heavy atom. The van der Waals surface area contributed by atoms with E-state index in [-0.39, 0.29) is 5.91 Å². The van der Waals surface area contributed by atoms with Crippen molar-refractivity contribution < 1.29 is 9.21 Å². The highest BCUT2D eigenvalue weighted by Crippen LogP contribution is 2.13. The number of aryl methyl sites for hydroxylation is 2. The molecule has 1 heterocycles. The predicted molar refractivity (Wildman–Crippen MR) is 61.7 cm³/mol. The maximum absolute atomic E-state index is 12.1. The molecular weight excluding hydrogens is 206 g/mol. The van der Waals surface area contributed by atoms with Crippen LogP contribution in [0.2, 0.25) is 0 Å². The fourth-order valence-electron chi connectivity index (χ4n) is 1.75. The largest absolute Gasteiger partial charge is 0.427 e. The highest BCUT2D eigenvalue weighted by atomic mass is 16.4. The van der Waals surface area contributed by atoms with Gasteiger partial charge in [0.1, 0.15) is 5.76 Å². The van der Waals surface area contributed by atoms with Crippen molar-refractivity contribution in [2.75, 3.05) is 13.1 Å². The lowest BCUT2D eigenvalue weighted by molar-refractivity contribution is 0.0768. The first-order valence-corrected chi connectivity index (χ1v) is 5.41. The average molecular weight is 223 g/mol. The molecule has 0 radical (unpaired) electrons. The maximum Gasteiger partial charge on any atom is 0.336 e. The Balaban J connectivity index is 3.23. The Labute approximate surface area is 94.9 Å². The summed E-state index contributed by atoms with van der Waals surface area (Å²) in [4.78, 5) is 24.9. The lowest BCUT2D eigenvalue weighted by Crippen LogP contribution is -2.32. The Morgan fingerprint density at radius 2 is 1.88 bits per heavy atom. The van der Waals surface area contributed by atoms with Gasteiger partial charge in [-0.05, 0) is 33.3 Å². The van der Waals surface area contributed by atoms with Gasteiger partial charge in [0.15, 0.2) is 0 Å². The Kier molecular flexibility index (Phi) is 3.88. The standard InChI is InChI=1S/C12H17NO3/c1-5-13(6-2)12(15)11-8(3)7-10(14)16-9(11)4/h7H,5-6H2,1-4H3. The summed E-state index contributed by atoms with van der Waals surface area (Å²) in [5, 5.41) is 0. The van der Waals surface area contributed by atoms with Crippen molar-refractivity contribution in [3.05, 3.63) is 33.4 Å². The van der Waals surface area contributed by atoms with Crippen molar-refractivity contribution >= 4 is 5.91 Å². The van der Waals surface area contributed by atoms with Crippen LogP contribution in [-0.2, 0) is 0 Å². The van der Waals surface area contributed by atoms with E-state index in [9.17, 15) is 9.59 Å². The fraction of sp³-hybridized carbons (Fsp3) is 0.500. The van der Waals surface area contributed by atoms with Gasteiger partial charge in [-0.2, -0.15) is 0 Å². The fourth-order valence-corrected chi connectivity index (χ4v) is 1.75. The number of hydrogen-bond donors (Lipinski definition) is 0. The zero-order chi connectivity index (χ0) is 12.3. The molecule has 0 saturated heterocycles. The number of rotatable bonds is 3. The Hall–Kier alpha value is -1.58. The van der Waals surface area contributed by atoms with Crippen molar-refractivity contribution in [1.29, 1.82) is 0 Å². The van der Waals surface area contributed by atoms with Gasteiger partial charge in [-0.15, -0.1) is 0 Å². The zero-order valence-electron chi connectivity index (χ0n) is 10.2. The van der Waals surface area contributed by atoms with Gasteiger partial charge in [-0.25, -0.2) is 4.79 Å². The van der Waals surface area contributed by atoms with Gasteiger partial charge in [-0.1, -0.05) is 0 Å². The van der Waals surface area contributed by atoms with Gasteiger partial charge in [0.25, 0.3) is 5.91 Å². The number of carbonyl (C=O) groups is 1. The summed E-state index contributed by atoms with van der Waals surface area (Å²) in [6, 6.07) is 1.35. The third-order valence-electron chi connectivity index (χ3n) is 2.60. The van der Waals surface area contributed by atoms with E-state index < -0.39 is 5.63 Å². The second-order valence-corrected chi connectivity index (χ2v) is 3.66. The number of hydrogen-bond acceptors (Lipinski definition) is 3. The molecule has 0 saturated carbocycles. The summed E-state index contributed by atoms with van der Waals surface area (Å²) in [5.41, 5.74) is 0.764. The quantitative estimate of drug-likeness (QED) is 0.784. The Morgan fingerprint density at radius 3 is 2.31 bits per heavy atom. The normalized spacial score (nSPS) is 10.2. The number of nitrogens with zero attached hydrogens (tertiary/aromatic N) is 1. The van der Waals surface area contributed by atoms with Crippen LogP contribution in [0, 0.1) is 13.8 Å². The van der Waals surface area contributed by atoms with E-state index in [0.29, 0.717) is 30.0 Å². The summed E-state index contributed by atoms with van der Waals surface area (Å²) in [5.74, 6) is 0.311. The van der Waals surface area contributed by atoms with Crippen molar-refractivity contribution in [2.45, 2.75) is 27.7 Å². The lowest BCUT2D eigenvalue weighted by atomic mass is 10.1. The van der Waals surface area contributed by atoms with Gasteiger partial charge in [0.05, 0.1) is 5.56 Å². The van der Waals surface area contributed by atoms with Gasteiger partial charge in [0.2, 0.25) is 0 Å². The third-order valence-corrected chi connectivity index (χ3v) is 2.60. The molecule has 1 aromatic heterocycles. The second kappa shape index (κ2) is 4.96. The summed E-state index contributed by atoms with van der Waals surface area (Å²) in [6.07, 6.45) is 0. The first-order valence-electron chi connectivity index (χ1n) is 5.41. The monoisotopic (exact) mass is 223 g/mol. The van der Waals surface area contributed by atoms with Crippen LogP contribution >= 0.6 is 0 Å². The SMILES string of the molecule is CCN(CC)C(=O)c1c(C)cc(=O)oc1C. The molecule has 0 atom stereocenters. The van der Waals surface area contributed by atoms with Crippen LogP contribution in [0.4, 0.5) is 0 Å². The third kappa shape index (κ3) is 2.32. The molecule has 0 aliphatic heterocycles. The minimum absolute atomic E-state index is 0.0799. The number of carbonyl (C=O) groups excluding carboxylic acids is 1. The highest BCUT2D eigenvalue weighted by Gasteiger charge is 2.19. The molecule has 16 heavy (non-hydrogen) atoms. The van der Waals surface area contributed by atoms with Crippen LogP contribution in [0.1, 0.15) is 35.5 Å². The van der Waals surface area contributed by atoms with Gasteiger partial charge < -0.3 is 9.32 Å². The molecule has 0 unspecified atom stereocenters. The van der Waals surface area contributed by atoms with Crippen LogP contribution in [0.3, 0.4) is 0 Å². The van der Waals surface area contributed by atoms with Crippen LogP contribution < -0.4 is 5.63 Å². The summed E-state index contributed by atoms with van der Waals surface area (Å²) in [6.45, 7) is 8.53. The molecule has 1 aromatic rings. The molecule has 1 rings (SSSR count). The van der Waals surface area contributed by atoms with Crippen LogP contribution in [0.25, 0.3) is 0 Å². The first kappa shape index (κ1) is 12.5. The second-order valence-electron chi connectivity index (χ2n) is 3.66. The molecule has 4 heteroatoms. The minimum Gasteiger partial charge on any atom is -0.427 e. The lowest BCUT2D eigenvalue weighted by Gasteiger charge is -2.20. The molecule has 0 aliphatic carbocycles. The van der Waals surface area contributed by atoms with Crippen LogP contribution in [0.15, 0.2) is 15.3 Å². The average Bonchev–Trinajstić information content (AvgIpc) is 2.17. The molecule has 0 spiro atoms. The van der Waals surface area contributed by atoms with Crippen molar-refractivity contribution in [1.82, 2.24) is 4.90 Å². The molecule has 4 nitrogen and oxygen atoms in total. The molecular formula is C12H17NO3. The molecule has 0 aromatic carbocycles. The minimum atomic E-state index is -0.411. The van der Waals surface area contributed by atoms with E-state index in [2.05, 4.69) is 0 Å². The maximum atomic E-state index is 12.1. The van der Waals surface area contributed by atoms with Crippen molar-refractivity contribution in [2.24, 2.45) is 0 Å². The molecule has 1 amide bonds. The van der Waals surface area contributed by atoms with E-state index in [1.54, 1.807) is 18.7 Å². The number of amides is 1. The van der Waals surface area contributed by atoms with E-state index in [0.717, 1.165) is 0 Å². The van der Waals surface area contributed by atoms with Crippen molar-refractivity contribution in [3.8, 4) is 0 Å². The van der Waals surface area contributed by atoms with E-state index >= 15 is 0 Å². The topological polar surface area (TPSA) is 50.5 Å². The van der Waals surface area contributed by atoms with Gasteiger partial charge in [-0.3, -0.25) is 4.79 Å². The summed E-state index contributed by atoms with van der Waals surface area (Å²) in [7, 11) is 0. The Bertz CT molecular complexity index is 418. The van der Waals surface area contributed by atoms with Gasteiger partial charge in [0, 0.05) is 19.2 Å². The van der Waals surface area contributed by atoms with E-state index in [1.165, 1.54) is 6.07 Å². The van der Waals surface area contributed by atoms with Crippen LogP contribution in [0.5, 0.6) is 0 Å². The highest BCUT2D eigenvalue weighted by molar-refractivity contribution is 5.96. The van der Waals surface area contributed by atoms with Gasteiger partial charge >= 0.3 is 5.63 Å². The molecule has 88 valence electrons. The molecule has 0 aliphatic rings. The van der Waals surface area contributed by atoms with Crippen LogP contribution in [-0.4, -0.2) is 23.9 Å². The molecule has 0 bridgehead atoms. The van der Waals surface area contributed by atoms with E-state index in [4.69, 9.17) is 4.42 Å². The first-order chi connectivity index (χ1) is 7.51. The summed E-state index contributed by atoms with van der Waals surface area (Å²) < 4.78 is 4.95. The van der Waals surface area contributed by atoms with E-state index in [1.807, 2.05) is 13.8 Å². The molecule has 0 N–H and O–H groups in total. The van der Waals surface area contributed by atoms with Crippen molar-refractivity contribution in [3.63, 3.8) is 0 Å². The predicted octanol–water partition coefficient (Wildman–Crippen LogP) is 1.74.